The van der Waals surface area contributed by atoms with E-state index in [2.05, 4.69) is 19.1 Å². The molecule has 1 heterocycles. The van der Waals surface area contributed by atoms with Crippen LogP contribution in [0.25, 0.3) is 0 Å². The summed E-state index contributed by atoms with van der Waals surface area (Å²) in [5, 5.41) is 30.8. The minimum atomic E-state index is -0.500. The van der Waals surface area contributed by atoms with Gasteiger partial charge in [-0.15, -0.1) is 11.3 Å². The number of thiophene rings is 1. The number of nitrogens with zero attached hydrogens (tertiary/aromatic N) is 1. The Morgan fingerprint density at radius 1 is 1.45 bits per heavy atom. The van der Waals surface area contributed by atoms with Gasteiger partial charge in [-0.25, -0.2) is 4.79 Å². The van der Waals surface area contributed by atoms with Crippen molar-refractivity contribution in [2.24, 2.45) is 23.2 Å². The first-order valence-corrected chi connectivity index (χ1v) is 12.3. The minimum absolute atomic E-state index is 0.0372. The number of aliphatic hydroxyl groups is 2. The predicted molar refractivity (Wildman–Crippen MR) is 122 cm³/mol. The molecule has 0 amide bonds. The Kier molecular flexibility index (Phi) is 8.32. The van der Waals surface area contributed by atoms with E-state index >= 15 is 0 Å². The third-order valence-corrected chi connectivity index (χ3v) is 8.73. The Morgan fingerprint density at radius 3 is 2.84 bits per heavy atom. The monoisotopic (exact) mass is 445 g/mol. The smallest absolute Gasteiger partial charge is 0.348 e. The summed E-state index contributed by atoms with van der Waals surface area (Å²) >= 11 is 1.45. The zero-order valence-electron chi connectivity index (χ0n) is 18.6. The van der Waals surface area contributed by atoms with Gasteiger partial charge in [-0.1, -0.05) is 25.5 Å². The lowest BCUT2D eigenvalue weighted by Crippen LogP contribution is -2.40. The van der Waals surface area contributed by atoms with Crippen LogP contribution in [0.15, 0.2) is 24.3 Å². The maximum Gasteiger partial charge on any atom is 0.348 e. The van der Waals surface area contributed by atoms with E-state index in [1.54, 1.807) is 6.07 Å². The highest BCUT2D eigenvalue weighted by Crippen LogP contribution is 2.48. The molecule has 0 radical (unpaired) electrons. The summed E-state index contributed by atoms with van der Waals surface area (Å²) < 4.78 is 4.77. The standard InChI is InChI=1S/C25H35NO4S/c1-3-25(13-6-14-25)23(28)10-5-9-20-19(17(16-26)15-21(20)27)8-4-7-18-11-12-22(31-18)24(29)30-2/h5,9,11-12,17,19-21,23,27-28H,3-4,6-8,10,13-15H2,1-2H3/b9-5+/t17?,19-,20?,21+,23?/m0/s1. The Morgan fingerprint density at radius 2 is 2.23 bits per heavy atom. The fraction of sp³-hybridized carbons (Fsp3) is 0.680. The van der Waals surface area contributed by atoms with Gasteiger partial charge in [-0.2, -0.15) is 5.26 Å². The van der Waals surface area contributed by atoms with Crippen molar-refractivity contribution < 1.29 is 19.7 Å². The highest BCUT2D eigenvalue weighted by atomic mass is 32.1. The van der Waals surface area contributed by atoms with Crippen LogP contribution in [0.3, 0.4) is 0 Å². The van der Waals surface area contributed by atoms with Crippen molar-refractivity contribution in [3.63, 3.8) is 0 Å². The van der Waals surface area contributed by atoms with E-state index in [0.29, 0.717) is 17.7 Å². The molecular formula is C25H35NO4S. The first-order chi connectivity index (χ1) is 14.9. The molecule has 5 atom stereocenters. The average molecular weight is 446 g/mol. The zero-order chi connectivity index (χ0) is 22.4. The fourth-order valence-electron chi connectivity index (χ4n) is 5.36. The molecule has 0 aliphatic heterocycles. The van der Waals surface area contributed by atoms with Crippen LogP contribution in [0, 0.1) is 34.5 Å². The normalized spacial score (nSPS) is 28.2. The van der Waals surface area contributed by atoms with E-state index in [9.17, 15) is 20.3 Å². The largest absolute Gasteiger partial charge is 0.465 e. The second-order valence-electron chi connectivity index (χ2n) is 9.18. The third-order valence-electron chi connectivity index (χ3n) is 7.60. The van der Waals surface area contributed by atoms with Gasteiger partial charge in [-0.3, -0.25) is 0 Å². The molecule has 2 aliphatic carbocycles. The summed E-state index contributed by atoms with van der Waals surface area (Å²) in [5.74, 6) is -0.363. The molecule has 6 heteroatoms. The molecule has 31 heavy (non-hydrogen) atoms. The molecular weight excluding hydrogens is 410 g/mol. The van der Waals surface area contributed by atoms with Crippen LogP contribution >= 0.6 is 11.3 Å². The summed E-state index contributed by atoms with van der Waals surface area (Å²) in [4.78, 5) is 13.4. The maximum absolute atomic E-state index is 11.6. The molecule has 2 fully saturated rings. The number of aliphatic hydroxyl groups excluding tert-OH is 2. The number of carbonyl (C=O) groups is 1. The summed E-state index contributed by atoms with van der Waals surface area (Å²) in [6.07, 6.45) is 11.4. The van der Waals surface area contributed by atoms with E-state index in [4.69, 9.17) is 4.74 Å². The van der Waals surface area contributed by atoms with Crippen molar-refractivity contribution in [3.05, 3.63) is 34.0 Å². The number of rotatable bonds is 10. The molecule has 0 saturated heterocycles. The topological polar surface area (TPSA) is 90.5 Å². The highest BCUT2D eigenvalue weighted by molar-refractivity contribution is 7.13. The van der Waals surface area contributed by atoms with Gasteiger partial charge in [0, 0.05) is 10.8 Å². The lowest BCUT2D eigenvalue weighted by molar-refractivity contribution is -0.0355. The van der Waals surface area contributed by atoms with Crippen LogP contribution in [0.1, 0.15) is 72.8 Å². The van der Waals surface area contributed by atoms with Crippen molar-refractivity contribution >= 4 is 17.3 Å². The van der Waals surface area contributed by atoms with Crippen LogP contribution in [-0.2, 0) is 11.2 Å². The molecule has 3 unspecified atom stereocenters. The Hall–Kier alpha value is -1.68. The lowest BCUT2D eigenvalue weighted by atomic mass is 9.63. The number of aryl methyl sites for hydroxylation is 1. The zero-order valence-corrected chi connectivity index (χ0v) is 19.4. The number of nitriles is 1. The van der Waals surface area contributed by atoms with Gasteiger partial charge in [0.05, 0.1) is 31.3 Å². The molecule has 1 aromatic rings. The highest BCUT2D eigenvalue weighted by Gasteiger charge is 2.42. The molecule has 2 aliphatic rings. The van der Waals surface area contributed by atoms with Crippen LogP contribution in [0.2, 0.25) is 0 Å². The van der Waals surface area contributed by atoms with Gasteiger partial charge in [-0.05, 0) is 74.8 Å². The van der Waals surface area contributed by atoms with Gasteiger partial charge in [0.1, 0.15) is 4.88 Å². The quantitative estimate of drug-likeness (QED) is 0.396. The first kappa shape index (κ1) is 24.0. The van der Waals surface area contributed by atoms with Crippen LogP contribution in [0.4, 0.5) is 0 Å². The molecule has 170 valence electrons. The molecule has 1 aromatic heterocycles. The molecule has 0 bridgehead atoms. The molecule has 0 spiro atoms. The Bertz CT molecular complexity index is 801. The molecule has 5 nitrogen and oxygen atoms in total. The molecule has 2 saturated carbocycles. The number of ether oxygens (including phenoxy) is 1. The second kappa shape index (κ2) is 10.8. The Labute approximate surface area is 189 Å². The van der Waals surface area contributed by atoms with Crippen LogP contribution < -0.4 is 0 Å². The van der Waals surface area contributed by atoms with Gasteiger partial charge in [0.15, 0.2) is 0 Å². The average Bonchev–Trinajstić information content (AvgIpc) is 3.32. The summed E-state index contributed by atoms with van der Waals surface area (Å²) in [7, 11) is 1.39. The van der Waals surface area contributed by atoms with E-state index in [1.807, 2.05) is 12.1 Å². The van der Waals surface area contributed by atoms with Crippen LogP contribution in [-0.4, -0.2) is 35.5 Å². The van der Waals surface area contributed by atoms with Crippen molar-refractivity contribution in [2.75, 3.05) is 7.11 Å². The maximum atomic E-state index is 11.6. The minimum Gasteiger partial charge on any atom is -0.465 e. The first-order valence-electron chi connectivity index (χ1n) is 11.5. The van der Waals surface area contributed by atoms with Crippen molar-refractivity contribution in [1.29, 1.82) is 5.26 Å². The van der Waals surface area contributed by atoms with Gasteiger partial charge in [0.25, 0.3) is 0 Å². The Balaban J connectivity index is 1.56. The van der Waals surface area contributed by atoms with Crippen molar-refractivity contribution in [3.8, 4) is 6.07 Å². The van der Waals surface area contributed by atoms with E-state index in [-0.39, 0.29) is 35.2 Å². The number of esters is 1. The molecule has 3 rings (SSSR count). The lowest BCUT2D eigenvalue weighted by Gasteiger charge is -2.45. The summed E-state index contributed by atoms with van der Waals surface area (Å²) in [5.41, 5.74) is 0.0803. The van der Waals surface area contributed by atoms with E-state index in [1.165, 1.54) is 24.9 Å². The van der Waals surface area contributed by atoms with Gasteiger partial charge >= 0.3 is 5.97 Å². The number of carbonyl (C=O) groups excluding carboxylic acids is 1. The number of hydrogen-bond acceptors (Lipinski definition) is 6. The molecule has 0 aromatic carbocycles. The van der Waals surface area contributed by atoms with Gasteiger partial charge in [0.2, 0.25) is 0 Å². The van der Waals surface area contributed by atoms with Crippen molar-refractivity contribution in [2.45, 2.75) is 76.9 Å². The summed E-state index contributed by atoms with van der Waals surface area (Å²) in [6, 6.07) is 6.16. The van der Waals surface area contributed by atoms with Gasteiger partial charge < -0.3 is 14.9 Å². The van der Waals surface area contributed by atoms with E-state index in [0.717, 1.165) is 43.4 Å². The number of hydrogen-bond donors (Lipinski definition) is 2. The fourth-order valence-corrected chi connectivity index (χ4v) is 6.33. The SMILES string of the molecule is CCC1(C(O)C/C=C/C2[C@@H](CCCc3ccc(C(=O)OC)s3)C(C#N)C[C@H]2O)CCC1. The summed E-state index contributed by atoms with van der Waals surface area (Å²) in [6.45, 7) is 2.15. The third kappa shape index (κ3) is 5.39. The molecule has 2 N–H and O–H groups in total. The number of methoxy groups -OCH3 is 1. The van der Waals surface area contributed by atoms with Crippen LogP contribution in [0.5, 0.6) is 0 Å². The van der Waals surface area contributed by atoms with E-state index < -0.39 is 6.10 Å². The van der Waals surface area contributed by atoms with Crippen molar-refractivity contribution in [1.82, 2.24) is 0 Å². The predicted octanol–water partition coefficient (Wildman–Crippen LogP) is 4.88. The second-order valence-corrected chi connectivity index (χ2v) is 10.3.